The fraction of sp³-hybridized carbons (Fsp3) is 0.0870. The van der Waals surface area contributed by atoms with Crippen molar-refractivity contribution >= 4 is 23.5 Å². The molecule has 0 radical (unpaired) electrons. The summed E-state index contributed by atoms with van der Waals surface area (Å²) >= 11 is 0. The molecule has 0 saturated carbocycles. The van der Waals surface area contributed by atoms with Crippen LogP contribution in [0.15, 0.2) is 76.9 Å². The van der Waals surface area contributed by atoms with Gasteiger partial charge in [0.1, 0.15) is 11.4 Å². The van der Waals surface area contributed by atoms with Crippen LogP contribution in [0.25, 0.3) is 0 Å². The van der Waals surface area contributed by atoms with E-state index < -0.39 is 11.8 Å². The quantitative estimate of drug-likeness (QED) is 0.268. The molecule has 6 N–H and O–H groups in total. The number of amidine groups is 2. The van der Waals surface area contributed by atoms with Crippen molar-refractivity contribution < 1.29 is 9.59 Å². The number of nitrogens with two attached hydrogens (primary N) is 2. The highest BCUT2D eigenvalue weighted by molar-refractivity contribution is 6.01. The molecule has 0 aliphatic rings. The SMILES string of the molecule is Cc1ccc(C(=O)N/N=C(\N)c2cccc(/C(N)=N/NC(=O)c3ccc(C)cc3)n2)cc1. The van der Waals surface area contributed by atoms with E-state index in [4.69, 9.17) is 11.5 Å². The minimum atomic E-state index is -0.399. The Morgan fingerprint density at radius 3 is 1.44 bits per heavy atom. The Morgan fingerprint density at radius 1 is 0.688 bits per heavy atom. The number of aromatic nitrogens is 1. The lowest BCUT2D eigenvalue weighted by atomic mass is 10.1. The number of hydrogen-bond donors (Lipinski definition) is 4. The number of hydrogen-bond acceptors (Lipinski definition) is 5. The van der Waals surface area contributed by atoms with Crippen molar-refractivity contribution in [3.63, 3.8) is 0 Å². The fourth-order valence-corrected chi connectivity index (χ4v) is 2.60. The van der Waals surface area contributed by atoms with E-state index in [2.05, 4.69) is 26.0 Å². The molecule has 3 aromatic rings. The van der Waals surface area contributed by atoms with Gasteiger partial charge in [-0.25, -0.2) is 15.8 Å². The van der Waals surface area contributed by atoms with Crippen LogP contribution in [0.2, 0.25) is 0 Å². The van der Waals surface area contributed by atoms with Crippen molar-refractivity contribution in [3.05, 3.63) is 100 Å². The highest BCUT2D eigenvalue weighted by Crippen LogP contribution is 2.05. The largest absolute Gasteiger partial charge is 0.380 e. The van der Waals surface area contributed by atoms with Gasteiger partial charge in [0, 0.05) is 11.1 Å². The number of carbonyl (C=O) groups excluding carboxylic acids is 2. The average molecular weight is 429 g/mol. The Labute approximate surface area is 185 Å². The number of nitrogens with one attached hydrogen (secondary N) is 2. The molecule has 0 unspecified atom stereocenters. The van der Waals surface area contributed by atoms with Gasteiger partial charge in [0.2, 0.25) is 0 Å². The molecule has 162 valence electrons. The van der Waals surface area contributed by atoms with Crippen molar-refractivity contribution in [2.24, 2.45) is 21.7 Å². The Morgan fingerprint density at radius 2 is 1.06 bits per heavy atom. The van der Waals surface area contributed by atoms with Crippen molar-refractivity contribution in [2.75, 3.05) is 0 Å². The minimum absolute atomic E-state index is 0.0104. The number of pyridine rings is 1. The van der Waals surface area contributed by atoms with E-state index in [1.165, 1.54) is 0 Å². The van der Waals surface area contributed by atoms with Crippen LogP contribution in [0, 0.1) is 13.8 Å². The monoisotopic (exact) mass is 429 g/mol. The third-order valence-electron chi connectivity index (χ3n) is 4.46. The summed E-state index contributed by atoms with van der Waals surface area (Å²) in [5, 5.41) is 7.79. The number of benzene rings is 2. The predicted molar refractivity (Wildman–Crippen MR) is 123 cm³/mol. The van der Waals surface area contributed by atoms with Gasteiger partial charge >= 0.3 is 0 Å². The van der Waals surface area contributed by atoms with E-state index in [9.17, 15) is 9.59 Å². The average Bonchev–Trinajstić information content (AvgIpc) is 2.81. The van der Waals surface area contributed by atoms with Crippen molar-refractivity contribution in [1.29, 1.82) is 0 Å². The summed E-state index contributed by atoms with van der Waals surface area (Å²) in [4.78, 5) is 28.6. The maximum atomic E-state index is 12.2. The number of amides is 2. The molecule has 32 heavy (non-hydrogen) atoms. The zero-order valence-corrected chi connectivity index (χ0v) is 17.7. The lowest BCUT2D eigenvalue weighted by molar-refractivity contribution is 0.0947. The van der Waals surface area contributed by atoms with Gasteiger partial charge in [-0.05, 0) is 50.2 Å². The van der Waals surface area contributed by atoms with E-state index >= 15 is 0 Å². The van der Waals surface area contributed by atoms with E-state index in [0.717, 1.165) is 11.1 Å². The molecule has 0 fully saturated rings. The Kier molecular flexibility index (Phi) is 6.92. The first-order chi connectivity index (χ1) is 15.3. The normalized spacial score (nSPS) is 11.7. The van der Waals surface area contributed by atoms with Crippen LogP contribution in [0.3, 0.4) is 0 Å². The van der Waals surface area contributed by atoms with Gasteiger partial charge in [-0.15, -0.1) is 0 Å². The van der Waals surface area contributed by atoms with Crippen LogP contribution in [-0.4, -0.2) is 28.5 Å². The van der Waals surface area contributed by atoms with E-state index in [1.54, 1.807) is 42.5 Å². The van der Waals surface area contributed by atoms with E-state index in [1.807, 2.05) is 38.1 Å². The van der Waals surface area contributed by atoms with Crippen molar-refractivity contribution in [1.82, 2.24) is 15.8 Å². The maximum absolute atomic E-state index is 12.2. The summed E-state index contributed by atoms with van der Waals surface area (Å²) in [7, 11) is 0. The lowest BCUT2D eigenvalue weighted by Crippen LogP contribution is -2.27. The Hall–Kier alpha value is -4.53. The second-order valence-corrected chi connectivity index (χ2v) is 7.02. The topological polar surface area (TPSA) is 148 Å². The van der Waals surface area contributed by atoms with Crippen LogP contribution in [0.4, 0.5) is 0 Å². The molecular weight excluding hydrogens is 406 g/mol. The molecular formula is C23H23N7O2. The van der Waals surface area contributed by atoms with Gasteiger partial charge < -0.3 is 11.5 Å². The Balaban J connectivity index is 1.67. The number of nitrogens with zero attached hydrogens (tertiary/aromatic N) is 3. The molecule has 9 heteroatoms. The third-order valence-corrected chi connectivity index (χ3v) is 4.46. The van der Waals surface area contributed by atoms with Crippen molar-refractivity contribution in [3.8, 4) is 0 Å². The molecule has 9 nitrogen and oxygen atoms in total. The molecule has 0 atom stereocenters. The summed E-state index contributed by atoms with van der Waals surface area (Å²) in [6.45, 7) is 3.86. The summed E-state index contributed by atoms with van der Waals surface area (Å²) in [6, 6.07) is 18.9. The summed E-state index contributed by atoms with van der Waals surface area (Å²) < 4.78 is 0. The number of rotatable bonds is 6. The zero-order valence-electron chi connectivity index (χ0n) is 17.7. The van der Waals surface area contributed by atoms with Gasteiger partial charge in [0.25, 0.3) is 11.8 Å². The van der Waals surface area contributed by atoms with Gasteiger partial charge in [-0.1, -0.05) is 41.5 Å². The second kappa shape index (κ2) is 9.98. The molecule has 0 bridgehead atoms. The van der Waals surface area contributed by atoms with Gasteiger partial charge in [0.05, 0.1) is 0 Å². The van der Waals surface area contributed by atoms with E-state index in [0.29, 0.717) is 11.1 Å². The lowest BCUT2D eigenvalue weighted by Gasteiger charge is -2.06. The summed E-state index contributed by atoms with van der Waals surface area (Å²) in [6.07, 6.45) is 0. The molecule has 0 saturated heterocycles. The van der Waals surface area contributed by atoms with Gasteiger partial charge in [-0.2, -0.15) is 10.2 Å². The molecule has 1 aromatic heterocycles. The third kappa shape index (κ3) is 5.76. The van der Waals surface area contributed by atoms with Crippen LogP contribution in [0.5, 0.6) is 0 Å². The smallest absolute Gasteiger partial charge is 0.271 e. The van der Waals surface area contributed by atoms with Gasteiger partial charge in [0.15, 0.2) is 11.7 Å². The Bertz CT molecular complexity index is 1090. The van der Waals surface area contributed by atoms with Crippen LogP contribution in [-0.2, 0) is 0 Å². The van der Waals surface area contributed by atoms with Crippen LogP contribution in [0.1, 0.15) is 43.2 Å². The fourth-order valence-electron chi connectivity index (χ4n) is 2.60. The molecule has 0 aliphatic carbocycles. The van der Waals surface area contributed by atoms with Gasteiger partial charge in [-0.3, -0.25) is 9.59 Å². The van der Waals surface area contributed by atoms with E-state index in [-0.39, 0.29) is 23.1 Å². The first-order valence-electron chi connectivity index (χ1n) is 9.71. The first-order valence-corrected chi connectivity index (χ1v) is 9.71. The molecule has 0 aliphatic heterocycles. The first kappa shape index (κ1) is 22.2. The van der Waals surface area contributed by atoms with Crippen LogP contribution < -0.4 is 22.3 Å². The minimum Gasteiger partial charge on any atom is -0.380 e. The summed E-state index contributed by atoms with van der Waals surface area (Å²) in [5.41, 5.74) is 20.2. The second-order valence-electron chi connectivity index (χ2n) is 7.02. The van der Waals surface area contributed by atoms with Crippen molar-refractivity contribution in [2.45, 2.75) is 13.8 Å². The standard InChI is InChI=1S/C23H23N7O2/c1-14-6-10-16(11-7-14)22(31)29-27-20(24)18-4-3-5-19(26-18)21(25)28-30-23(32)17-12-8-15(2)9-13-17/h3-13H,1-2H3,(H2,24,27)(H2,25,28)(H,29,31)(H,30,32). The molecule has 1 heterocycles. The summed E-state index contributed by atoms with van der Waals surface area (Å²) in [5.74, 6) is -0.819. The highest BCUT2D eigenvalue weighted by Gasteiger charge is 2.09. The molecule has 2 aromatic carbocycles. The molecule has 3 rings (SSSR count). The number of aryl methyl sites for hydroxylation is 2. The number of hydrazone groups is 2. The maximum Gasteiger partial charge on any atom is 0.271 e. The highest BCUT2D eigenvalue weighted by atomic mass is 16.2. The predicted octanol–water partition coefficient (Wildman–Crippen LogP) is 1.80. The zero-order chi connectivity index (χ0) is 23.1. The van der Waals surface area contributed by atoms with Crippen LogP contribution >= 0.6 is 0 Å². The number of carbonyl (C=O) groups is 2. The molecule has 2 amide bonds. The molecule has 0 spiro atoms.